The van der Waals surface area contributed by atoms with Crippen LogP contribution >= 0.6 is 27.3 Å². The Hall–Kier alpha value is -0.350. The molecule has 1 aromatic heterocycles. The highest BCUT2D eigenvalue weighted by atomic mass is 79.9. The molecule has 18 heavy (non-hydrogen) atoms. The summed E-state index contributed by atoms with van der Waals surface area (Å²) in [6, 6.07) is 2.12. The van der Waals surface area contributed by atoms with Gasteiger partial charge in [0.25, 0.3) is 0 Å². The molecule has 2 nitrogen and oxygen atoms in total. The molecule has 1 aliphatic carbocycles. The van der Waals surface area contributed by atoms with E-state index in [0.29, 0.717) is 0 Å². The Kier molecular flexibility index (Phi) is 4.17. The fourth-order valence-corrected chi connectivity index (χ4v) is 3.36. The molecular formula is C14H20BrNOS. The summed E-state index contributed by atoms with van der Waals surface area (Å²) in [6.45, 7) is 6.18. The molecule has 1 aliphatic rings. The van der Waals surface area contributed by atoms with E-state index in [0.717, 1.165) is 19.3 Å². The second-order valence-electron chi connectivity index (χ2n) is 5.57. The van der Waals surface area contributed by atoms with E-state index >= 15 is 0 Å². The maximum absolute atomic E-state index is 12.5. The molecule has 2 rings (SSSR count). The number of carbonyl (C=O) groups is 1. The highest BCUT2D eigenvalue weighted by Crippen LogP contribution is 2.35. The Morgan fingerprint density at radius 2 is 2.33 bits per heavy atom. The minimum absolute atomic E-state index is 0.0468. The summed E-state index contributed by atoms with van der Waals surface area (Å²) in [5.41, 5.74) is 1.03. The molecule has 0 saturated heterocycles. The van der Waals surface area contributed by atoms with E-state index in [2.05, 4.69) is 53.5 Å². The predicted molar refractivity (Wildman–Crippen MR) is 80.6 cm³/mol. The van der Waals surface area contributed by atoms with Gasteiger partial charge >= 0.3 is 0 Å². The van der Waals surface area contributed by atoms with Crippen molar-refractivity contribution in [1.82, 2.24) is 5.32 Å². The molecule has 2 atom stereocenters. The first-order valence-corrected chi connectivity index (χ1v) is 8.23. The van der Waals surface area contributed by atoms with Gasteiger partial charge in [0.05, 0.1) is 5.92 Å². The highest BCUT2D eigenvalue weighted by molar-refractivity contribution is 9.09. The molecule has 0 bridgehead atoms. The fourth-order valence-electron chi connectivity index (χ4n) is 2.26. The van der Waals surface area contributed by atoms with Gasteiger partial charge in [0.2, 0.25) is 5.91 Å². The van der Waals surface area contributed by atoms with Crippen molar-refractivity contribution >= 4 is 33.2 Å². The minimum Gasteiger partial charge on any atom is -0.350 e. The second-order valence-corrected chi connectivity index (χ2v) is 7.95. The highest BCUT2D eigenvalue weighted by Gasteiger charge is 2.32. The normalized spacial score (nSPS) is 21.2. The molecule has 2 unspecified atom stereocenters. The van der Waals surface area contributed by atoms with Crippen molar-refractivity contribution in [3.8, 4) is 0 Å². The minimum atomic E-state index is -0.218. The predicted octanol–water partition coefficient (Wildman–Crippen LogP) is 3.85. The summed E-state index contributed by atoms with van der Waals surface area (Å²) in [4.78, 5) is 14.1. The SMILES string of the molecule is CC(Br)C(C)(C)NC(=O)C1CCCc2sccc21. The van der Waals surface area contributed by atoms with Crippen molar-refractivity contribution in [2.45, 2.75) is 56.3 Å². The Balaban J connectivity index is 2.13. The summed E-state index contributed by atoms with van der Waals surface area (Å²) < 4.78 is 0. The molecule has 4 heteroatoms. The molecule has 0 saturated carbocycles. The summed E-state index contributed by atoms with van der Waals surface area (Å²) in [6.07, 6.45) is 3.23. The third-order valence-corrected chi connectivity index (χ3v) is 5.95. The van der Waals surface area contributed by atoms with E-state index in [4.69, 9.17) is 0 Å². The molecule has 0 fully saturated rings. The van der Waals surface area contributed by atoms with E-state index in [1.54, 1.807) is 11.3 Å². The lowest BCUT2D eigenvalue weighted by Gasteiger charge is -2.32. The van der Waals surface area contributed by atoms with Gasteiger partial charge in [0.15, 0.2) is 0 Å². The molecule has 0 aromatic carbocycles. The van der Waals surface area contributed by atoms with Crippen LogP contribution in [0.3, 0.4) is 0 Å². The van der Waals surface area contributed by atoms with Crippen LogP contribution in [0.1, 0.15) is 50.0 Å². The quantitative estimate of drug-likeness (QED) is 0.838. The van der Waals surface area contributed by atoms with Gasteiger partial charge in [0, 0.05) is 15.2 Å². The van der Waals surface area contributed by atoms with E-state index in [1.807, 2.05) is 0 Å². The maximum atomic E-state index is 12.5. The molecule has 1 aromatic rings. The van der Waals surface area contributed by atoms with Crippen molar-refractivity contribution in [3.63, 3.8) is 0 Å². The lowest BCUT2D eigenvalue weighted by atomic mass is 9.86. The number of hydrogen-bond donors (Lipinski definition) is 1. The lowest BCUT2D eigenvalue weighted by Crippen LogP contribution is -2.50. The summed E-state index contributed by atoms with van der Waals surface area (Å²) in [5, 5.41) is 5.28. The smallest absolute Gasteiger partial charge is 0.228 e. The number of fused-ring (bicyclic) bond motifs is 1. The van der Waals surface area contributed by atoms with Gasteiger partial charge in [-0.2, -0.15) is 0 Å². The van der Waals surface area contributed by atoms with Crippen molar-refractivity contribution in [2.24, 2.45) is 0 Å². The van der Waals surface area contributed by atoms with Crippen LogP contribution in [0, 0.1) is 0 Å². The Morgan fingerprint density at radius 1 is 1.61 bits per heavy atom. The second kappa shape index (κ2) is 5.33. The largest absolute Gasteiger partial charge is 0.350 e. The van der Waals surface area contributed by atoms with E-state index in [9.17, 15) is 4.79 Å². The molecule has 1 heterocycles. The number of carbonyl (C=O) groups excluding carboxylic acids is 1. The number of alkyl halides is 1. The lowest BCUT2D eigenvalue weighted by molar-refractivity contribution is -0.124. The molecule has 0 aliphatic heterocycles. The first-order valence-electron chi connectivity index (χ1n) is 6.44. The van der Waals surface area contributed by atoms with Gasteiger partial charge in [-0.3, -0.25) is 4.79 Å². The number of halogens is 1. The zero-order valence-corrected chi connectivity index (χ0v) is 13.5. The molecule has 1 N–H and O–H groups in total. The molecule has 100 valence electrons. The van der Waals surface area contributed by atoms with Crippen LogP contribution in [0.4, 0.5) is 0 Å². The number of thiophene rings is 1. The van der Waals surface area contributed by atoms with Gasteiger partial charge in [-0.05, 0) is 50.1 Å². The van der Waals surface area contributed by atoms with E-state index in [1.165, 1.54) is 10.4 Å². The first kappa shape index (κ1) is 14.1. The molecular weight excluding hydrogens is 310 g/mol. The third-order valence-electron chi connectivity index (χ3n) is 3.81. The van der Waals surface area contributed by atoms with Crippen LogP contribution in [-0.4, -0.2) is 16.3 Å². The third kappa shape index (κ3) is 2.80. The van der Waals surface area contributed by atoms with Gasteiger partial charge in [-0.15, -0.1) is 11.3 Å². The zero-order chi connectivity index (χ0) is 13.3. The number of amides is 1. The molecule has 1 amide bonds. The monoisotopic (exact) mass is 329 g/mol. The number of hydrogen-bond acceptors (Lipinski definition) is 2. The number of aryl methyl sites for hydroxylation is 1. The Morgan fingerprint density at radius 3 is 3.00 bits per heavy atom. The van der Waals surface area contributed by atoms with E-state index in [-0.39, 0.29) is 22.2 Å². The molecule has 0 spiro atoms. The van der Waals surface area contributed by atoms with E-state index < -0.39 is 0 Å². The number of rotatable bonds is 3. The van der Waals surface area contributed by atoms with Crippen LogP contribution in [-0.2, 0) is 11.2 Å². The van der Waals surface area contributed by atoms with Gasteiger partial charge in [0.1, 0.15) is 0 Å². The summed E-state index contributed by atoms with van der Waals surface area (Å²) in [7, 11) is 0. The standard InChI is InChI=1S/C14H20BrNOS/c1-9(15)14(2,3)16-13(17)11-5-4-6-12-10(11)7-8-18-12/h7-9,11H,4-6H2,1-3H3,(H,16,17). The summed E-state index contributed by atoms with van der Waals surface area (Å²) in [5.74, 6) is 0.219. The zero-order valence-electron chi connectivity index (χ0n) is 11.1. The van der Waals surface area contributed by atoms with Gasteiger partial charge in [-0.25, -0.2) is 0 Å². The Labute approximate surface area is 121 Å². The fraction of sp³-hybridized carbons (Fsp3) is 0.643. The average Bonchev–Trinajstić information content (AvgIpc) is 2.75. The van der Waals surface area contributed by atoms with Gasteiger partial charge in [-0.1, -0.05) is 22.9 Å². The number of nitrogens with one attached hydrogen (secondary N) is 1. The van der Waals surface area contributed by atoms with Crippen molar-refractivity contribution < 1.29 is 4.79 Å². The molecule has 0 radical (unpaired) electrons. The van der Waals surface area contributed by atoms with Crippen LogP contribution in [0.5, 0.6) is 0 Å². The van der Waals surface area contributed by atoms with Crippen LogP contribution in [0.25, 0.3) is 0 Å². The van der Waals surface area contributed by atoms with Crippen LogP contribution < -0.4 is 5.32 Å². The topological polar surface area (TPSA) is 29.1 Å². The first-order chi connectivity index (χ1) is 8.42. The van der Waals surface area contributed by atoms with Crippen molar-refractivity contribution in [3.05, 3.63) is 21.9 Å². The Bertz CT molecular complexity index is 439. The van der Waals surface area contributed by atoms with Crippen molar-refractivity contribution in [1.29, 1.82) is 0 Å². The van der Waals surface area contributed by atoms with Crippen LogP contribution in [0.15, 0.2) is 11.4 Å². The van der Waals surface area contributed by atoms with Crippen molar-refractivity contribution in [2.75, 3.05) is 0 Å². The summed E-state index contributed by atoms with van der Waals surface area (Å²) >= 11 is 5.34. The van der Waals surface area contributed by atoms with Gasteiger partial charge < -0.3 is 5.32 Å². The maximum Gasteiger partial charge on any atom is 0.228 e. The van der Waals surface area contributed by atoms with Crippen LogP contribution in [0.2, 0.25) is 0 Å². The average molecular weight is 330 g/mol.